The van der Waals surface area contributed by atoms with Gasteiger partial charge in [0, 0.05) is 30.4 Å². The standard InChI is InChI=1S/C20H14FN5O3S2/c1-26-17(6-7-24-26)15-10-13(12-22)2-4-18(15)29-19-5-3-14(11-16(19)21)31(27,28)25-20-23-8-9-30-20/h2-11H,1H3,(H,23,25). The molecular weight excluding hydrogens is 441 g/mol. The highest BCUT2D eigenvalue weighted by Crippen LogP contribution is 2.35. The van der Waals surface area contributed by atoms with E-state index >= 15 is 0 Å². The van der Waals surface area contributed by atoms with E-state index in [2.05, 4.69) is 20.9 Å². The van der Waals surface area contributed by atoms with Gasteiger partial charge in [0.25, 0.3) is 10.0 Å². The van der Waals surface area contributed by atoms with Crippen molar-refractivity contribution in [2.24, 2.45) is 7.05 Å². The highest BCUT2D eigenvalue weighted by Gasteiger charge is 2.19. The minimum atomic E-state index is -4.00. The topological polar surface area (TPSA) is 110 Å². The largest absolute Gasteiger partial charge is 0.454 e. The molecule has 0 saturated heterocycles. The summed E-state index contributed by atoms with van der Waals surface area (Å²) in [5, 5.41) is 15.1. The molecule has 4 aromatic rings. The number of rotatable bonds is 6. The lowest BCUT2D eigenvalue weighted by Gasteiger charge is -2.13. The number of nitrogens with zero attached hydrogens (tertiary/aromatic N) is 4. The number of nitrogens with one attached hydrogen (secondary N) is 1. The Kier molecular flexibility index (Phi) is 5.41. The zero-order valence-electron chi connectivity index (χ0n) is 16.0. The Bertz CT molecular complexity index is 1390. The van der Waals surface area contributed by atoms with Crippen LogP contribution in [-0.4, -0.2) is 23.2 Å². The molecule has 1 N–H and O–H groups in total. The van der Waals surface area contributed by atoms with E-state index in [-0.39, 0.29) is 21.5 Å². The normalized spacial score (nSPS) is 11.1. The molecule has 0 saturated carbocycles. The third-order valence-electron chi connectivity index (χ3n) is 4.29. The van der Waals surface area contributed by atoms with Gasteiger partial charge in [-0.25, -0.2) is 17.8 Å². The van der Waals surface area contributed by atoms with Crippen LogP contribution in [0, 0.1) is 17.1 Å². The van der Waals surface area contributed by atoms with Gasteiger partial charge < -0.3 is 4.74 Å². The lowest BCUT2D eigenvalue weighted by molar-refractivity contribution is 0.441. The molecule has 0 atom stereocenters. The van der Waals surface area contributed by atoms with E-state index in [1.807, 2.05) is 0 Å². The van der Waals surface area contributed by atoms with E-state index in [1.165, 1.54) is 18.3 Å². The van der Waals surface area contributed by atoms with Crippen molar-refractivity contribution in [2.75, 3.05) is 4.72 Å². The zero-order chi connectivity index (χ0) is 22.0. The number of halogens is 1. The van der Waals surface area contributed by atoms with Gasteiger partial charge in [0.1, 0.15) is 5.75 Å². The monoisotopic (exact) mass is 455 g/mol. The van der Waals surface area contributed by atoms with Gasteiger partial charge in [0.15, 0.2) is 16.7 Å². The Morgan fingerprint density at radius 3 is 2.61 bits per heavy atom. The number of hydrogen-bond donors (Lipinski definition) is 1. The van der Waals surface area contributed by atoms with E-state index in [9.17, 15) is 18.1 Å². The second-order valence-corrected chi connectivity index (χ2v) is 8.88. The van der Waals surface area contributed by atoms with Gasteiger partial charge in [0.2, 0.25) is 0 Å². The highest BCUT2D eigenvalue weighted by molar-refractivity contribution is 7.93. The number of nitriles is 1. The first-order valence-electron chi connectivity index (χ1n) is 8.79. The second-order valence-electron chi connectivity index (χ2n) is 6.30. The van der Waals surface area contributed by atoms with Crippen molar-refractivity contribution in [3.63, 3.8) is 0 Å². The zero-order valence-corrected chi connectivity index (χ0v) is 17.6. The summed E-state index contributed by atoms with van der Waals surface area (Å²) in [4.78, 5) is 3.59. The smallest absolute Gasteiger partial charge is 0.263 e. The SMILES string of the molecule is Cn1nccc1-c1cc(C#N)ccc1Oc1ccc(S(=O)(=O)Nc2nccs2)cc1F. The summed E-state index contributed by atoms with van der Waals surface area (Å²) in [5.41, 5.74) is 1.61. The fraction of sp³-hybridized carbons (Fsp3) is 0.0500. The molecule has 0 aliphatic carbocycles. The van der Waals surface area contributed by atoms with Crippen molar-refractivity contribution < 1.29 is 17.5 Å². The first-order valence-corrected chi connectivity index (χ1v) is 11.2. The molecular formula is C20H14FN5O3S2. The van der Waals surface area contributed by atoms with Gasteiger partial charge in [-0.2, -0.15) is 10.4 Å². The van der Waals surface area contributed by atoms with Crippen LogP contribution >= 0.6 is 11.3 Å². The highest BCUT2D eigenvalue weighted by atomic mass is 32.2. The number of benzene rings is 2. The third kappa shape index (κ3) is 4.25. The van der Waals surface area contributed by atoms with Crippen LogP contribution in [0.15, 0.2) is 65.1 Å². The number of sulfonamides is 1. The Balaban J connectivity index is 1.67. The van der Waals surface area contributed by atoms with Crippen LogP contribution in [0.25, 0.3) is 11.3 Å². The Morgan fingerprint density at radius 1 is 1.16 bits per heavy atom. The van der Waals surface area contributed by atoms with Crippen LogP contribution < -0.4 is 9.46 Å². The van der Waals surface area contributed by atoms with Crippen LogP contribution in [0.3, 0.4) is 0 Å². The minimum Gasteiger partial charge on any atom is -0.454 e. The maximum Gasteiger partial charge on any atom is 0.263 e. The Morgan fingerprint density at radius 2 is 1.97 bits per heavy atom. The summed E-state index contributed by atoms with van der Waals surface area (Å²) in [6.07, 6.45) is 3.05. The first kappa shape index (κ1) is 20.5. The average Bonchev–Trinajstić information content (AvgIpc) is 3.41. The Hall–Kier alpha value is -3.75. The molecule has 0 aliphatic rings. The molecule has 156 valence electrons. The lowest BCUT2D eigenvalue weighted by Crippen LogP contribution is -2.13. The van der Waals surface area contributed by atoms with Crippen LogP contribution in [0.4, 0.5) is 9.52 Å². The number of anilines is 1. The maximum atomic E-state index is 14.7. The fourth-order valence-electron chi connectivity index (χ4n) is 2.82. The van der Waals surface area contributed by atoms with E-state index in [0.717, 1.165) is 17.4 Å². The van der Waals surface area contributed by atoms with E-state index < -0.39 is 15.8 Å². The van der Waals surface area contributed by atoms with Crippen molar-refractivity contribution in [3.05, 3.63) is 71.6 Å². The molecule has 2 aromatic carbocycles. The minimum absolute atomic E-state index is 0.165. The first-order chi connectivity index (χ1) is 14.9. The van der Waals surface area contributed by atoms with Gasteiger partial charge in [-0.1, -0.05) is 0 Å². The molecule has 0 bridgehead atoms. The number of ether oxygens (including phenoxy) is 1. The summed E-state index contributed by atoms with van der Waals surface area (Å²) in [5.74, 6) is -0.735. The van der Waals surface area contributed by atoms with Crippen LogP contribution in [0.1, 0.15) is 5.56 Å². The molecule has 0 fully saturated rings. The molecule has 4 rings (SSSR count). The van der Waals surface area contributed by atoms with Crippen LogP contribution in [-0.2, 0) is 17.1 Å². The van der Waals surface area contributed by atoms with Gasteiger partial charge in [-0.3, -0.25) is 9.40 Å². The van der Waals surface area contributed by atoms with E-state index in [4.69, 9.17) is 4.74 Å². The molecule has 0 amide bonds. The third-order valence-corrected chi connectivity index (χ3v) is 6.45. The number of hydrogen-bond acceptors (Lipinski definition) is 7. The van der Waals surface area contributed by atoms with Crippen LogP contribution in [0.5, 0.6) is 11.5 Å². The van der Waals surface area contributed by atoms with E-state index in [1.54, 1.807) is 47.6 Å². The van der Waals surface area contributed by atoms with Crippen LogP contribution in [0.2, 0.25) is 0 Å². The van der Waals surface area contributed by atoms with Gasteiger partial charge in [0.05, 0.1) is 22.2 Å². The Labute approximate surface area is 181 Å². The summed E-state index contributed by atoms with van der Waals surface area (Å²) in [7, 11) is -2.27. The molecule has 0 radical (unpaired) electrons. The lowest BCUT2D eigenvalue weighted by atomic mass is 10.1. The second kappa shape index (κ2) is 8.17. The molecule has 2 aromatic heterocycles. The summed E-state index contributed by atoms with van der Waals surface area (Å²) >= 11 is 1.11. The van der Waals surface area contributed by atoms with Gasteiger partial charge in [-0.05, 0) is 42.5 Å². The van der Waals surface area contributed by atoms with Crippen molar-refractivity contribution in [1.29, 1.82) is 5.26 Å². The summed E-state index contributed by atoms with van der Waals surface area (Å²) in [6, 6.07) is 11.8. The average molecular weight is 455 g/mol. The van der Waals surface area contributed by atoms with Crippen molar-refractivity contribution >= 4 is 26.5 Å². The maximum absolute atomic E-state index is 14.7. The van der Waals surface area contributed by atoms with Crippen molar-refractivity contribution in [2.45, 2.75) is 4.90 Å². The number of aromatic nitrogens is 3. The molecule has 2 heterocycles. The molecule has 0 unspecified atom stereocenters. The van der Waals surface area contributed by atoms with Gasteiger partial charge >= 0.3 is 0 Å². The quantitative estimate of drug-likeness (QED) is 0.468. The predicted molar refractivity (Wildman–Crippen MR) is 113 cm³/mol. The summed E-state index contributed by atoms with van der Waals surface area (Å²) < 4.78 is 49.3. The molecule has 11 heteroatoms. The van der Waals surface area contributed by atoms with E-state index in [0.29, 0.717) is 16.8 Å². The predicted octanol–water partition coefficient (Wildman–Crippen LogP) is 4.15. The van der Waals surface area contributed by atoms with Crippen molar-refractivity contribution in [3.8, 4) is 28.8 Å². The number of thiazole rings is 1. The fourth-order valence-corrected chi connectivity index (χ4v) is 4.62. The molecule has 0 spiro atoms. The summed E-state index contributed by atoms with van der Waals surface area (Å²) in [6.45, 7) is 0. The molecule has 0 aliphatic heterocycles. The van der Waals surface area contributed by atoms with Gasteiger partial charge in [-0.15, -0.1) is 11.3 Å². The van der Waals surface area contributed by atoms with Crippen molar-refractivity contribution in [1.82, 2.24) is 14.8 Å². The number of aryl methyl sites for hydroxylation is 1. The molecule has 8 nitrogen and oxygen atoms in total. The molecule has 31 heavy (non-hydrogen) atoms.